The number of rotatable bonds is 9. The molecule has 4 nitrogen and oxygen atoms in total. The Morgan fingerprint density at radius 2 is 1.63 bits per heavy atom. The maximum atomic E-state index is 12.4. The van der Waals surface area contributed by atoms with Crippen LogP contribution in [0.4, 0.5) is 4.79 Å². The van der Waals surface area contributed by atoms with Gasteiger partial charge in [-0.05, 0) is 57.2 Å². The van der Waals surface area contributed by atoms with Crippen LogP contribution in [0.25, 0.3) is 11.1 Å². The fourth-order valence-electron chi connectivity index (χ4n) is 3.30. The van der Waals surface area contributed by atoms with E-state index in [1.54, 1.807) is 0 Å². The van der Waals surface area contributed by atoms with Crippen molar-refractivity contribution in [3.05, 3.63) is 72.5 Å². The predicted octanol–water partition coefficient (Wildman–Crippen LogP) is 6.37. The van der Waals surface area contributed by atoms with Crippen LogP contribution in [0.5, 0.6) is 0 Å². The third-order valence-corrected chi connectivity index (χ3v) is 4.78. The van der Waals surface area contributed by atoms with E-state index >= 15 is 0 Å². The normalized spacial score (nSPS) is 13.2. The largest absolute Gasteiger partial charge is 0.499 e. The summed E-state index contributed by atoms with van der Waals surface area (Å²) in [5.41, 5.74) is 2.99. The Labute approximate surface area is 181 Å². The minimum Gasteiger partial charge on any atom is -0.499 e. The zero-order chi connectivity index (χ0) is 22.1. The van der Waals surface area contributed by atoms with Crippen LogP contribution < -0.4 is 5.32 Å². The van der Waals surface area contributed by atoms with Gasteiger partial charge >= 0.3 is 6.09 Å². The number of carbonyl (C=O) groups is 1. The van der Waals surface area contributed by atoms with Gasteiger partial charge in [-0.2, -0.15) is 0 Å². The molecule has 0 aliphatic heterocycles. The molecule has 0 aromatic heterocycles. The van der Waals surface area contributed by atoms with Crippen LogP contribution in [0.2, 0.25) is 0 Å². The highest BCUT2D eigenvalue weighted by Gasteiger charge is 2.22. The summed E-state index contributed by atoms with van der Waals surface area (Å²) in [6.07, 6.45) is 1.03. The Bertz CT molecular complexity index is 806. The second-order valence-electron chi connectivity index (χ2n) is 8.65. The number of carbonyl (C=O) groups excluding carboxylic acids is 1. The number of hydrogen-bond donors (Lipinski definition) is 1. The molecule has 2 atom stereocenters. The van der Waals surface area contributed by atoms with E-state index in [1.807, 2.05) is 45.9 Å². The third-order valence-electron chi connectivity index (χ3n) is 4.78. The molecule has 0 heterocycles. The van der Waals surface area contributed by atoms with Crippen molar-refractivity contribution in [3.8, 4) is 11.1 Å². The van der Waals surface area contributed by atoms with E-state index in [9.17, 15) is 4.79 Å². The van der Waals surface area contributed by atoms with Crippen LogP contribution in [0.3, 0.4) is 0 Å². The highest BCUT2D eigenvalue weighted by Crippen LogP contribution is 2.22. The predicted molar refractivity (Wildman–Crippen MR) is 123 cm³/mol. The maximum Gasteiger partial charge on any atom is 0.407 e. The van der Waals surface area contributed by atoms with Crippen molar-refractivity contribution in [2.45, 2.75) is 59.1 Å². The van der Waals surface area contributed by atoms with Gasteiger partial charge in [0.15, 0.2) is 0 Å². The second-order valence-corrected chi connectivity index (χ2v) is 8.65. The van der Waals surface area contributed by atoms with E-state index in [0.29, 0.717) is 13.0 Å². The molecule has 1 amide bonds. The van der Waals surface area contributed by atoms with Gasteiger partial charge in [-0.15, -0.1) is 0 Å². The zero-order valence-electron chi connectivity index (χ0n) is 18.9. The molecule has 0 aliphatic rings. The highest BCUT2D eigenvalue weighted by molar-refractivity contribution is 5.68. The number of allylic oxidation sites excluding steroid dienone is 1. The van der Waals surface area contributed by atoms with Crippen LogP contribution in [0.1, 0.15) is 46.6 Å². The molecule has 0 radical (unpaired) electrons. The van der Waals surface area contributed by atoms with Gasteiger partial charge in [-0.25, -0.2) is 4.79 Å². The number of ether oxygens (including phenoxy) is 2. The Kier molecular flexibility index (Phi) is 8.52. The summed E-state index contributed by atoms with van der Waals surface area (Å²) in [7, 11) is 0. The summed E-state index contributed by atoms with van der Waals surface area (Å²) < 4.78 is 11.0. The fraction of sp³-hybridized carbons (Fsp3) is 0.423. The van der Waals surface area contributed by atoms with Crippen molar-refractivity contribution in [2.75, 3.05) is 6.61 Å². The van der Waals surface area contributed by atoms with Crippen molar-refractivity contribution in [1.29, 1.82) is 0 Å². The van der Waals surface area contributed by atoms with Gasteiger partial charge in [0.25, 0.3) is 0 Å². The standard InChI is InChI=1S/C26H35NO3/c1-7-29-20(3)19(2)17-24(27-25(28)30-26(4,5)6)18-21-13-15-23(16-14-21)22-11-9-8-10-12-22/h8-16,19,24H,3,7,17-18H2,1-2,4-6H3,(H,27,28)/t19?,24-/m0/s1. The Balaban J connectivity index is 2.10. The van der Waals surface area contributed by atoms with Crippen molar-refractivity contribution in [2.24, 2.45) is 5.92 Å². The minimum absolute atomic E-state index is 0.0883. The first-order valence-electron chi connectivity index (χ1n) is 10.6. The van der Waals surface area contributed by atoms with Crippen LogP contribution in [-0.4, -0.2) is 24.3 Å². The lowest BCUT2D eigenvalue weighted by Crippen LogP contribution is -2.41. The van der Waals surface area contributed by atoms with E-state index in [2.05, 4.69) is 55.2 Å². The molecule has 2 rings (SSSR count). The molecule has 2 aromatic carbocycles. The molecule has 1 unspecified atom stereocenters. The van der Waals surface area contributed by atoms with Crippen molar-refractivity contribution < 1.29 is 14.3 Å². The first-order chi connectivity index (χ1) is 14.2. The van der Waals surface area contributed by atoms with E-state index < -0.39 is 11.7 Å². The lowest BCUT2D eigenvalue weighted by atomic mass is 9.94. The highest BCUT2D eigenvalue weighted by atomic mass is 16.6. The third kappa shape index (κ3) is 7.94. The first-order valence-corrected chi connectivity index (χ1v) is 10.6. The fourth-order valence-corrected chi connectivity index (χ4v) is 3.30. The number of nitrogens with one attached hydrogen (secondary N) is 1. The molecule has 0 bridgehead atoms. The number of hydrogen-bond acceptors (Lipinski definition) is 3. The summed E-state index contributed by atoms with van der Waals surface area (Å²) in [6, 6.07) is 18.7. The summed E-state index contributed by atoms with van der Waals surface area (Å²) in [6.45, 7) is 14.2. The molecule has 0 aliphatic carbocycles. The molecule has 0 spiro atoms. The monoisotopic (exact) mass is 409 g/mol. The van der Waals surface area contributed by atoms with Gasteiger partial charge < -0.3 is 14.8 Å². The van der Waals surface area contributed by atoms with E-state index in [0.717, 1.165) is 17.7 Å². The molecule has 0 saturated heterocycles. The van der Waals surface area contributed by atoms with Crippen LogP contribution in [0.15, 0.2) is 66.9 Å². The lowest BCUT2D eigenvalue weighted by Gasteiger charge is -2.26. The molecule has 162 valence electrons. The van der Waals surface area contributed by atoms with E-state index in [-0.39, 0.29) is 12.0 Å². The van der Waals surface area contributed by atoms with Gasteiger partial charge in [-0.1, -0.05) is 68.1 Å². The summed E-state index contributed by atoms with van der Waals surface area (Å²) in [4.78, 5) is 12.4. The average molecular weight is 410 g/mol. The quantitative estimate of drug-likeness (QED) is 0.490. The van der Waals surface area contributed by atoms with E-state index in [4.69, 9.17) is 9.47 Å². The molecule has 1 N–H and O–H groups in total. The Morgan fingerprint density at radius 1 is 1.03 bits per heavy atom. The van der Waals surface area contributed by atoms with E-state index in [1.165, 1.54) is 11.1 Å². The summed E-state index contributed by atoms with van der Waals surface area (Å²) in [5.74, 6) is 0.862. The smallest absolute Gasteiger partial charge is 0.407 e. The van der Waals surface area contributed by atoms with Crippen molar-refractivity contribution in [1.82, 2.24) is 5.32 Å². The number of amides is 1. The SMILES string of the molecule is C=C(OCC)C(C)C[C@@H](Cc1ccc(-c2ccccc2)cc1)NC(=O)OC(C)(C)C. The average Bonchev–Trinajstić information content (AvgIpc) is 2.68. The molecule has 2 aromatic rings. The van der Waals surface area contributed by atoms with Crippen LogP contribution in [-0.2, 0) is 15.9 Å². The van der Waals surface area contributed by atoms with Gasteiger partial charge in [0.2, 0.25) is 0 Å². The zero-order valence-corrected chi connectivity index (χ0v) is 18.9. The first kappa shape index (κ1) is 23.5. The molecule has 0 fully saturated rings. The van der Waals surface area contributed by atoms with Crippen molar-refractivity contribution in [3.63, 3.8) is 0 Å². The summed E-state index contributed by atoms with van der Waals surface area (Å²) in [5, 5.41) is 3.04. The minimum atomic E-state index is -0.535. The van der Waals surface area contributed by atoms with Gasteiger partial charge in [0.05, 0.1) is 12.4 Å². The maximum absolute atomic E-state index is 12.4. The van der Waals surface area contributed by atoms with Gasteiger partial charge in [-0.3, -0.25) is 0 Å². The number of alkyl carbamates (subject to hydrolysis) is 1. The Morgan fingerprint density at radius 3 is 2.20 bits per heavy atom. The molecular weight excluding hydrogens is 374 g/mol. The lowest BCUT2D eigenvalue weighted by molar-refractivity contribution is 0.0495. The van der Waals surface area contributed by atoms with Crippen LogP contribution >= 0.6 is 0 Å². The summed E-state index contributed by atoms with van der Waals surface area (Å²) >= 11 is 0. The second kappa shape index (κ2) is 10.9. The molecule has 4 heteroatoms. The topological polar surface area (TPSA) is 47.6 Å². The van der Waals surface area contributed by atoms with Gasteiger partial charge in [0, 0.05) is 12.0 Å². The Hall–Kier alpha value is -2.75. The molecular formula is C26H35NO3. The van der Waals surface area contributed by atoms with Crippen LogP contribution in [0, 0.1) is 5.92 Å². The molecule has 0 saturated carbocycles. The molecule has 30 heavy (non-hydrogen) atoms. The number of benzene rings is 2. The van der Waals surface area contributed by atoms with Gasteiger partial charge in [0.1, 0.15) is 5.60 Å². The van der Waals surface area contributed by atoms with Crippen molar-refractivity contribution >= 4 is 6.09 Å².